The summed E-state index contributed by atoms with van der Waals surface area (Å²) in [6.45, 7) is 3.89. The summed E-state index contributed by atoms with van der Waals surface area (Å²) in [7, 11) is 5.81. The van der Waals surface area contributed by atoms with Crippen molar-refractivity contribution in [2.45, 2.75) is 20.0 Å². The van der Waals surface area contributed by atoms with Crippen LogP contribution in [0.15, 0.2) is 29.5 Å². The summed E-state index contributed by atoms with van der Waals surface area (Å²) in [5, 5.41) is 10.5. The van der Waals surface area contributed by atoms with Gasteiger partial charge in [-0.15, -0.1) is 0 Å². The minimum Gasteiger partial charge on any atom is -0.363 e. The molecule has 124 valence electrons. The molecule has 0 aliphatic carbocycles. The molecule has 0 saturated carbocycles. The third-order valence-electron chi connectivity index (χ3n) is 3.21. The third-order valence-corrected chi connectivity index (χ3v) is 3.21. The Kier molecular flexibility index (Phi) is 5.90. The van der Waals surface area contributed by atoms with E-state index in [2.05, 4.69) is 30.7 Å². The number of guanidine groups is 1. The molecule has 0 radical (unpaired) electrons. The molecule has 2 heterocycles. The van der Waals surface area contributed by atoms with E-state index in [-0.39, 0.29) is 0 Å². The van der Waals surface area contributed by atoms with Gasteiger partial charge in [0.25, 0.3) is 0 Å². The molecule has 23 heavy (non-hydrogen) atoms. The lowest BCUT2D eigenvalue weighted by molar-refractivity contribution is 0.673. The summed E-state index contributed by atoms with van der Waals surface area (Å²) < 4.78 is 1.73. The SMILES string of the molecule is CCNC(=NCc1cccc(N(C)C)n1)NCc1ncnn1C. The van der Waals surface area contributed by atoms with Crippen LogP contribution >= 0.6 is 0 Å². The summed E-state index contributed by atoms with van der Waals surface area (Å²) in [5.74, 6) is 2.51. The summed E-state index contributed by atoms with van der Waals surface area (Å²) >= 11 is 0. The minimum atomic E-state index is 0.510. The molecule has 2 aromatic heterocycles. The Labute approximate surface area is 136 Å². The fraction of sp³-hybridized carbons (Fsp3) is 0.467. The Morgan fingerprint density at radius 2 is 2.13 bits per heavy atom. The molecule has 0 aliphatic heterocycles. The van der Waals surface area contributed by atoms with Crippen molar-refractivity contribution in [1.29, 1.82) is 0 Å². The third kappa shape index (κ3) is 4.94. The van der Waals surface area contributed by atoms with Crippen LogP contribution in [0.3, 0.4) is 0 Å². The number of pyridine rings is 1. The molecule has 0 aliphatic rings. The zero-order valence-electron chi connectivity index (χ0n) is 14.1. The summed E-state index contributed by atoms with van der Waals surface area (Å²) in [6.07, 6.45) is 1.54. The Bertz CT molecular complexity index is 646. The van der Waals surface area contributed by atoms with Crippen molar-refractivity contribution in [2.24, 2.45) is 12.0 Å². The van der Waals surface area contributed by atoms with Crippen molar-refractivity contribution in [1.82, 2.24) is 30.4 Å². The van der Waals surface area contributed by atoms with Crippen LogP contribution in [-0.4, -0.2) is 46.3 Å². The molecule has 0 fully saturated rings. The number of aryl methyl sites for hydroxylation is 1. The largest absolute Gasteiger partial charge is 0.363 e. The summed E-state index contributed by atoms with van der Waals surface area (Å²) in [6, 6.07) is 5.95. The molecule has 0 unspecified atom stereocenters. The molecular formula is C15H24N8. The maximum absolute atomic E-state index is 4.57. The quantitative estimate of drug-likeness (QED) is 0.597. The first kappa shape index (κ1) is 16.7. The number of nitrogens with zero attached hydrogens (tertiary/aromatic N) is 6. The van der Waals surface area contributed by atoms with Gasteiger partial charge < -0.3 is 15.5 Å². The predicted molar refractivity (Wildman–Crippen MR) is 91.2 cm³/mol. The van der Waals surface area contributed by atoms with Crippen LogP contribution in [0.5, 0.6) is 0 Å². The van der Waals surface area contributed by atoms with Crippen LogP contribution < -0.4 is 15.5 Å². The van der Waals surface area contributed by atoms with E-state index in [4.69, 9.17) is 0 Å². The van der Waals surface area contributed by atoms with Crippen molar-refractivity contribution in [3.63, 3.8) is 0 Å². The Balaban J connectivity index is 2.00. The van der Waals surface area contributed by atoms with Gasteiger partial charge in [-0.25, -0.2) is 15.0 Å². The van der Waals surface area contributed by atoms with Gasteiger partial charge in [0.05, 0.1) is 18.8 Å². The molecule has 0 saturated heterocycles. The smallest absolute Gasteiger partial charge is 0.192 e. The highest BCUT2D eigenvalue weighted by Crippen LogP contribution is 2.08. The lowest BCUT2D eigenvalue weighted by Gasteiger charge is -2.13. The van der Waals surface area contributed by atoms with Crippen LogP contribution in [0.1, 0.15) is 18.4 Å². The van der Waals surface area contributed by atoms with Crippen LogP contribution in [0.4, 0.5) is 5.82 Å². The van der Waals surface area contributed by atoms with Crippen LogP contribution in [0.2, 0.25) is 0 Å². The van der Waals surface area contributed by atoms with Crippen molar-refractivity contribution < 1.29 is 0 Å². The standard InChI is InChI=1S/C15H24N8/c1-5-16-15(18-10-14-19-11-20-23(14)4)17-9-12-7-6-8-13(21-12)22(2)3/h6-8,11H,5,9-10H2,1-4H3,(H2,16,17,18). The lowest BCUT2D eigenvalue weighted by atomic mass is 10.3. The van der Waals surface area contributed by atoms with Crippen molar-refractivity contribution in [3.05, 3.63) is 36.0 Å². The zero-order chi connectivity index (χ0) is 16.7. The molecule has 0 bridgehead atoms. The van der Waals surface area contributed by atoms with E-state index in [0.29, 0.717) is 13.1 Å². The fourth-order valence-electron chi connectivity index (χ4n) is 1.95. The zero-order valence-corrected chi connectivity index (χ0v) is 14.1. The van der Waals surface area contributed by atoms with Crippen LogP contribution in [0.25, 0.3) is 0 Å². The van der Waals surface area contributed by atoms with Crippen LogP contribution in [-0.2, 0) is 20.1 Å². The van der Waals surface area contributed by atoms with Gasteiger partial charge in [0, 0.05) is 27.7 Å². The van der Waals surface area contributed by atoms with Gasteiger partial charge in [-0.3, -0.25) is 4.68 Å². The van der Waals surface area contributed by atoms with Crippen molar-refractivity contribution in [3.8, 4) is 0 Å². The number of hydrogen-bond donors (Lipinski definition) is 2. The highest BCUT2D eigenvalue weighted by Gasteiger charge is 2.04. The molecule has 0 aromatic carbocycles. The Hall–Kier alpha value is -2.64. The number of aromatic nitrogens is 4. The van der Waals surface area contributed by atoms with Gasteiger partial charge in [0.15, 0.2) is 5.96 Å². The molecule has 0 spiro atoms. The Morgan fingerprint density at radius 3 is 2.78 bits per heavy atom. The van der Waals surface area contributed by atoms with Gasteiger partial charge >= 0.3 is 0 Å². The molecule has 8 nitrogen and oxygen atoms in total. The van der Waals surface area contributed by atoms with E-state index < -0.39 is 0 Å². The van der Waals surface area contributed by atoms with E-state index in [1.54, 1.807) is 4.68 Å². The fourth-order valence-corrected chi connectivity index (χ4v) is 1.95. The highest BCUT2D eigenvalue weighted by molar-refractivity contribution is 5.79. The van der Waals surface area contributed by atoms with E-state index in [9.17, 15) is 0 Å². The number of nitrogens with one attached hydrogen (secondary N) is 2. The number of hydrogen-bond acceptors (Lipinski definition) is 5. The van der Waals surface area contributed by atoms with Gasteiger partial charge in [0.1, 0.15) is 18.0 Å². The maximum atomic E-state index is 4.57. The molecule has 0 atom stereocenters. The molecule has 2 rings (SSSR count). The van der Waals surface area contributed by atoms with Crippen molar-refractivity contribution >= 4 is 11.8 Å². The highest BCUT2D eigenvalue weighted by atomic mass is 15.3. The normalized spacial score (nSPS) is 11.4. The lowest BCUT2D eigenvalue weighted by Crippen LogP contribution is -2.37. The second-order valence-electron chi connectivity index (χ2n) is 5.23. The molecule has 2 N–H and O–H groups in total. The first-order valence-corrected chi connectivity index (χ1v) is 7.58. The van der Waals surface area contributed by atoms with E-state index in [1.807, 2.05) is 51.2 Å². The Morgan fingerprint density at radius 1 is 1.30 bits per heavy atom. The van der Waals surface area contributed by atoms with Gasteiger partial charge in [-0.2, -0.15) is 5.10 Å². The topological polar surface area (TPSA) is 83.3 Å². The van der Waals surface area contributed by atoms with Gasteiger partial charge in [0.2, 0.25) is 0 Å². The first-order chi connectivity index (χ1) is 11.1. The second kappa shape index (κ2) is 8.11. The molecular weight excluding hydrogens is 292 g/mol. The minimum absolute atomic E-state index is 0.510. The van der Waals surface area contributed by atoms with Gasteiger partial charge in [-0.1, -0.05) is 6.07 Å². The van der Waals surface area contributed by atoms with E-state index >= 15 is 0 Å². The van der Waals surface area contributed by atoms with Crippen LogP contribution in [0, 0.1) is 0 Å². The average molecular weight is 316 g/mol. The molecule has 0 amide bonds. The predicted octanol–water partition coefficient (Wildman–Crippen LogP) is 0.531. The maximum Gasteiger partial charge on any atom is 0.192 e. The number of rotatable bonds is 6. The average Bonchev–Trinajstić information content (AvgIpc) is 2.95. The molecule has 2 aromatic rings. The van der Waals surface area contributed by atoms with Gasteiger partial charge in [-0.05, 0) is 19.1 Å². The van der Waals surface area contributed by atoms with E-state index in [1.165, 1.54) is 6.33 Å². The first-order valence-electron chi connectivity index (χ1n) is 7.58. The monoisotopic (exact) mass is 316 g/mol. The van der Waals surface area contributed by atoms with Crippen molar-refractivity contribution in [2.75, 3.05) is 25.5 Å². The number of anilines is 1. The van der Waals surface area contributed by atoms with E-state index in [0.717, 1.165) is 29.8 Å². The molecule has 8 heteroatoms. The number of aliphatic imine (C=N–C) groups is 1. The second-order valence-corrected chi connectivity index (χ2v) is 5.23. The summed E-state index contributed by atoms with van der Waals surface area (Å²) in [4.78, 5) is 15.3. The summed E-state index contributed by atoms with van der Waals surface area (Å²) in [5.41, 5.74) is 0.923.